The molecule has 10 heteroatoms. The number of thioether (sulfide) groups is 1. The van der Waals surface area contributed by atoms with Crippen LogP contribution in [0.5, 0.6) is 5.88 Å². The summed E-state index contributed by atoms with van der Waals surface area (Å²) in [5.41, 5.74) is 3.33. The van der Waals surface area contributed by atoms with Crippen molar-refractivity contribution in [1.29, 1.82) is 0 Å². The predicted molar refractivity (Wildman–Crippen MR) is 121 cm³/mol. The van der Waals surface area contributed by atoms with Crippen LogP contribution in [0.15, 0.2) is 23.5 Å². The molecule has 160 valence electrons. The Morgan fingerprint density at radius 2 is 2.07 bits per heavy atom. The van der Waals surface area contributed by atoms with Crippen molar-refractivity contribution in [3.63, 3.8) is 0 Å². The van der Waals surface area contributed by atoms with Gasteiger partial charge in [0.25, 0.3) is 0 Å². The first-order valence-corrected chi connectivity index (χ1v) is 11.1. The molecular formula is C20H25ClN6O2S. The van der Waals surface area contributed by atoms with Crippen LogP contribution in [0.1, 0.15) is 31.2 Å². The maximum absolute atomic E-state index is 12.8. The van der Waals surface area contributed by atoms with E-state index in [2.05, 4.69) is 32.8 Å². The molecule has 1 fully saturated rings. The van der Waals surface area contributed by atoms with Crippen LogP contribution in [0.4, 0.5) is 21.9 Å². The van der Waals surface area contributed by atoms with Crippen molar-refractivity contribution in [2.45, 2.75) is 36.1 Å². The number of likely N-dealkylation sites (N-methyl/N-ethyl adjacent to an activating group) is 1. The second-order valence-electron chi connectivity index (χ2n) is 7.68. The maximum Gasteiger partial charge on any atom is 0.323 e. The SMILES string of the molecule is CC1Nc2c(ncc(NC(=O)Nc3cc(Cl)cnc3OCCN(C)C)c2C2CC2)S1. The Balaban J connectivity index is 1.50. The molecule has 3 heterocycles. The largest absolute Gasteiger partial charge is 0.475 e. The first kappa shape index (κ1) is 21.0. The van der Waals surface area contributed by atoms with Crippen LogP contribution in [0.25, 0.3) is 0 Å². The van der Waals surface area contributed by atoms with Crippen LogP contribution >= 0.6 is 23.4 Å². The Kier molecular flexibility index (Phi) is 6.21. The summed E-state index contributed by atoms with van der Waals surface area (Å²) >= 11 is 7.78. The summed E-state index contributed by atoms with van der Waals surface area (Å²) in [6.45, 7) is 3.28. The number of hydrogen-bond donors (Lipinski definition) is 3. The highest BCUT2D eigenvalue weighted by Crippen LogP contribution is 2.51. The average molecular weight is 449 g/mol. The zero-order valence-corrected chi connectivity index (χ0v) is 18.7. The van der Waals surface area contributed by atoms with Crippen molar-refractivity contribution in [1.82, 2.24) is 14.9 Å². The van der Waals surface area contributed by atoms with Crippen molar-refractivity contribution < 1.29 is 9.53 Å². The van der Waals surface area contributed by atoms with Gasteiger partial charge in [0.2, 0.25) is 5.88 Å². The van der Waals surface area contributed by atoms with Crippen molar-refractivity contribution in [3.05, 3.63) is 29.0 Å². The minimum atomic E-state index is -0.390. The number of ether oxygens (including phenoxy) is 1. The fraction of sp³-hybridized carbons (Fsp3) is 0.450. The lowest BCUT2D eigenvalue weighted by Crippen LogP contribution is -2.23. The molecule has 2 aromatic rings. The second-order valence-corrected chi connectivity index (χ2v) is 9.45. The van der Waals surface area contributed by atoms with E-state index in [4.69, 9.17) is 16.3 Å². The molecule has 1 unspecified atom stereocenters. The summed E-state index contributed by atoms with van der Waals surface area (Å²) in [4.78, 5) is 23.5. The van der Waals surface area contributed by atoms with Gasteiger partial charge in [0, 0.05) is 18.3 Å². The van der Waals surface area contributed by atoms with Crippen molar-refractivity contribution >= 4 is 46.5 Å². The smallest absolute Gasteiger partial charge is 0.323 e. The molecule has 1 aliphatic heterocycles. The third-order valence-electron chi connectivity index (χ3n) is 4.80. The number of aromatic nitrogens is 2. The molecule has 8 nitrogen and oxygen atoms in total. The fourth-order valence-corrected chi connectivity index (χ4v) is 4.33. The highest BCUT2D eigenvalue weighted by atomic mass is 35.5. The van der Waals surface area contributed by atoms with E-state index in [1.54, 1.807) is 24.0 Å². The number of anilines is 3. The number of carbonyl (C=O) groups is 1. The Hall–Kier alpha value is -2.23. The first-order valence-electron chi connectivity index (χ1n) is 9.88. The molecule has 2 aromatic heterocycles. The van der Waals surface area contributed by atoms with Crippen molar-refractivity contribution in [2.75, 3.05) is 43.2 Å². The lowest BCUT2D eigenvalue weighted by Gasteiger charge is -2.16. The highest BCUT2D eigenvalue weighted by Gasteiger charge is 2.34. The van der Waals surface area contributed by atoms with E-state index in [1.807, 2.05) is 19.0 Å². The summed E-state index contributed by atoms with van der Waals surface area (Å²) in [6.07, 6.45) is 5.48. The van der Waals surface area contributed by atoms with Crippen LogP contribution in [0.3, 0.4) is 0 Å². The lowest BCUT2D eigenvalue weighted by molar-refractivity contribution is 0.253. The van der Waals surface area contributed by atoms with Gasteiger partial charge in [0.1, 0.15) is 17.3 Å². The molecule has 4 rings (SSSR count). The minimum absolute atomic E-state index is 0.272. The molecule has 2 amide bonds. The van der Waals surface area contributed by atoms with Gasteiger partial charge in [0.15, 0.2) is 0 Å². The van der Waals surface area contributed by atoms with Gasteiger partial charge in [-0.1, -0.05) is 23.4 Å². The summed E-state index contributed by atoms with van der Waals surface area (Å²) in [7, 11) is 3.92. The van der Waals surface area contributed by atoms with E-state index in [9.17, 15) is 4.79 Å². The number of nitrogens with zero attached hydrogens (tertiary/aromatic N) is 3. The molecule has 2 aliphatic rings. The number of halogens is 1. The van der Waals surface area contributed by atoms with Gasteiger partial charge < -0.3 is 25.6 Å². The molecule has 30 heavy (non-hydrogen) atoms. The second kappa shape index (κ2) is 8.87. The van der Waals surface area contributed by atoms with E-state index >= 15 is 0 Å². The van der Waals surface area contributed by atoms with Gasteiger partial charge in [-0.05, 0) is 45.8 Å². The first-order chi connectivity index (χ1) is 14.4. The standard InChI is InChI=1S/C20H25ClN6O2S/c1-11-24-17-16(12-4-5-12)15(10-23-19(17)30-11)26-20(28)25-14-8-13(21)9-22-18(14)29-7-6-27(2)3/h8-12,24H,4-7H2,1-3H3,(H2,25,26,28). The van der Waals surface area contributed by atoms with Gasteiger partial charge in [0.05, 0.1) is 28.0 Å². The Morgan fingerprint density at radius 1 is 1.30 bits per heavy atom. The Bertz CT molecular complexity index is 953. The van der Waals surface area contributed by atoms with E-state index in [-0.39, 0.29) is 11.4 Å². The lowest BCUT2D eigenvalue weighted by atomic mass is 10.1. The molecular weight excluding hydrogens is 424 g/mol. The minimum Gasteiger partial charge on any atom is -0.475 e. The maximum atomic E-state index is 12.8. The molecule has 1 saturated carbocycles. The third kappa shape index (κ3) is 4.91. The number of amides is 2. The number of nitrogens with one attached hydrogen (secondary N) is 3. The van der Waals surface area contributed by atoms with Crippen LogP contribution < -0.4 is 20.7 Å². The molecule has 0 radical (unpaired) electrons. The molecule has 0 aromatic carbocycles. The number of pyridine rings is 2. The van der Waals surface area contributed by atoms with Gasteiger partial charge in [-0.25, -0.2) is 14.8 Å². The molecule has 3 N–H and O–H groups in total. The number of carbonyl (C=O) groups excluding carboxylic acids is 1. The third-order valence-corrected chi connectivity index (χ3v) is 6.01. The average Bonchev–Trinajstić information content (AvgIpc) is 3.43. The van der Waals surface area contributed by atoms with Crippen LogP contribution in [0, 0.1) is 0 Å². The zero-order chi connectivity index (χ0) is 21.3. The molecule has 1 aliphatic carbocycles. The van der Waals surface area contributed by atoms with E-state index in [0.717, 1.165) is 41.4 Å². The summed E-state index contributed by atoms with van der Waals surface area (Å²) < 4.78 is 5.72. The van der Waals surface area contributed by atoms with Crippen molar-refractivity contribution in [3.8, 4) is 5.88 Å². The van der Waals surface area contributed by atoms with E-state index in [1.165, 1.54) is 6.20 Å². The molecule has 0 spiro atoms. The fourth-order valence-electron chi connectivity index (χ4n) is 3.26. The van der Waals surface area contributed by atoms with Gasteiger partial charge >= 0.3 is 6.03 Å². The van der Waals surface area contributed by atoms with Gasteiger partial charge in [-0.3, -0.25) is 0 Å². The zero-order valence-electron chi connectivity index (χ0n) is 17.2. The molecule has 0 bridgehead atoms. The van der Waals surface area contributed by atoms with Crippen LogP contribution in [0.2, 0.25) is 5.02 Å². The normalized spacial score (nSPS) is 17.4. The van der Waals surface area contributed by atoms with Crippen molar-refractivity contribution in [2.24, 2.45) is 0 Å². The summed E-state index contributed by atoms with van der Waals surface area (Å²) in [5, 5.41) is 10.9. The Morgan fingerprint density at radius 3 is 2.80 bits per heavy atom. The highest BCUT2D eigenvalue weighted by molar-refractivity contribution is 8.00. The number of hydrogen-bond acceptors (Lipinski definition) is 7. The van der Waals surface area contributed by atoms with Crippen LogP contribution in [-0.4, -0.2) is 53.5 Å². The molecule has 0 saturated heterocycles. The molecule has 1 atom stereocenters. The monoisotopic (exact) mass is 448 g/mol. The summed E-state index contributed by atoms with van der Waals surface area (Å²) in [5.74, 6) is 0.783. The van der Waals surface area contributed by atoms with E-state index in [0.29, 0.717) is 29.1 Å². The summed E-state index contributed by atoms with van der Waals surface area (Å²) in [6, 6.07) is 1.24. The number of urea groups is 1. The van der Waals surface area contributed by atoms with E-state index < -0.39 is 0 Å². The quantitative estimate of drug-likeness (QED) is 0.576. The van der Waals surface area contributed by atoms with Gasteiger partial charge in [-0.2, -0.15) is 0 Å². The topological polar surface area (TPSA) is 91.4 Å². The number of rotatable bonds is 7. The van der Waals surface area contributed by atoms with Gasteiger partial charge in [-0.15, -0.1) is 0 Å². The van der Waals surface area contributed by atoms with Crippen LogP contribution in [-0.2, 0) is 0 Å². The Labute approximate surface area is 185 Å². The predicted octanol–water partition coefficient (Wildman–Crippen LogP) is 4.46. The number of fused-ring (bicyclic) bond motifs is 1.